The van der Waals surface area contributed by atoms with Gasteiger partial charge in [0.1, 0.15) is 11.9 Å². The normalized spacial score (nSPS) is 18.2. The molecule has 0 radical (unpaired) electrons. The second-order valence-corrected chi connectivity index (χ2v) is 4.38. The predicted octanol–water partition coefficient (Wildman–Crippen LogP) is 3.09. The van der Waals surface area contributed by atoms with Crippen LogP contribution in [0.3, 0.4) is 0 Å². The van der Waals surface area contributed by atoms with Crippen LogP contribution in [0, 0.1) is 0 Å². The van der Waals surface area contributed by atoms with Crippen LogP contribution in [0.5, 0.6) is 0 Å². The number of carbonyl (C=O) groups is 1. The van der Waals surface area contributed by atoms with Gasteiger partial charge in [0.2, 0.25) is 5.76 Å². The van der Waals surface area contributed by atoms with E-state index >= 15 is 0 Å². The van der Waals surface area contributed by atoms with Crippen molar-refractivity contribution >= 4 is 5.97 Å². The van der Waals surface area contributed by atoms with Gasteiger partial charge in [0.05, 0.1) is 13.2 Å². The minimum atomic E-state index is -0.454. The summed E-state index contributed by atoms with van der Waals surface area (Å²) in [5, 5.41) is 0. The molecule has 0 N–H and O–H groups in total. The van der Waals surface area contributed by atoms with Crippen LogP contribution in [-0.4, -0.2) is 19.2 Å². The Morgan fingerprint density at radius 3 is 2.76 bits per heavy atom. The zero-order chi connectivity index (χ0) is 12.3. The second kappa shape index (κ2) is 5.36. The molecular weight excluding hydrogens is 220 g/mol. The Morgan fingerprint density at radius 1 is 1.41 bits per heavy atom. The Bertz CT molecular complexity index is 377. The highest BCUT2D eigenvalue weighted by Crippen LogP contribution is 2.28. The average molecular weight is 238 g/mol. The van der Waals surface area contributed by atoms with E-state index in [9.17, 15) is 4.79 Å². The number of esters is 1. The molecule has 1 fully saturated rings. The van der Waals surface area contributed by atoms with E-state index in [0.717, 1.165) is 12.8 Å². The molecular formula is C13H18O4. The number of rotatable bonds is 4. The summed E-state index contributed by atoms with van der Waals surface area (Å²) in [6, 6.07) is 3.39. The van der Waals surface area contributed by atoms with E-state index < -0.39 is 5.97 Å². The maximum absolute atomic E-state index is 11.2. The maximum atomic E-state index is 11.2. The first kappa shape index (κ1) is 12.2. The van der Waals surface area contributed by atoms with Gasteiger partial charge in [0, 0.05) is 0 Å². The van der Waals surface area contributed by atoms with Crippen LogP contribution in [0.25, 0.3) is 0 Å². The lowest BCUT2D eigenvalue weighted by Crippen LogP contribution is -2.10. The number of hydrogen-bond donors (Lipinski definition) is 0. The van der Waals surface area contributed by atoms with Crippen molar-refractivity contribution in [2.24, 2.45) is 0 Å². The molecule has 4 heteroatoms. The first-order chi connectivity index (χ1) is 8.20. The van der Waals surface area contributed by atoms with E-state index in [-0.39, 0.29) is 11.9 Å². The van der Waals surface area contributed by atoms with Gasteiger partial charge in [-0.1, -0.05) is 12.8 Å². The van der Waals surface area contributed by atoms with E-state index in [2.05, 4.69) is 4.74 Å². The lowest BCUT2D eigenvalue weighted by molar-refractivity contribution is -0.0105. The Morgan fingerprint density at radius 2 is 2.12 bits per heavy atom. The van der Waals surface area contributed by atoms with Crippen LogP contribution in [0.2, 0.25) is 0 Å². The molecule has 1 aromatic rings. The molecule has 1 aliphatic carbocycles. The number of hydrogen-bond acceptors (Lipinski definition) is 4. The van der Waals surface area contributed by atoms with Crippen molar-refractivity contribution in [1.82, 2.24) is 0 Å². The summed E-state index contributed by atoms with van der Waals surface area (Å²) < 4.78 is 15.9. The molecule has 1 atom stereocenters. The Kier molecular flexibility index (Phi) is 3.84. The Hall–Kier alpha value is -1.29. The van der Waals surface area contributed by atoms with Gasteiger partial charge >= 0.3 is 5.97 Å². The predicted molar refractivity (Wildman–Crippen MR) is 61.8 cm³/mol. The van der Waals surface area contributed by atoms with Crippen LogP contribution < -0.4 is 0 Å². The highest BCUT2D eigenvalue weighted by molar-refractivity contribution is 5.86. The number of ether oxygens (including phenoxy) is 2. The van der Waals surface area contributed by atoms with Crippen molar-refractivity contribution in [2.45, 2.75) is 44.8 Å². The van der Waals surface area contributed by atoms with Crippen molar-refractivity contribution in [2.75, 3.05) is 7.11 Å². The summed E-state index contributed by atoms with van der Waals surface area (Å²) in [6.07, 6.45) is 4.93. The molecule has 1 heterocycles. The van der Waals surface area contributed by atoms with Crippen molar-refractivity contribution in [3.63, 3.8) is 0 Å². The fourth-order valence-electron chi connectivity index (χ4n) is 2.16. The maximum Gasteiger partial charge on any atom is 0.373 e. The topological polar surface area (TPSA) is 48.7 Å². The van der Waals surface area contributed by atoms with E-state index in [1.807, 2.05) is 6.92 Å². The van der Waals surface area contributed by atoms with Crippen molar-refractivity contribution in [1.29, 1.82) is 0 Å². The van der Waals surface area contributed by atoms with Crippen molar-refractivity contribution in [3.05, 3.63) is 23.7 Å². The molecule has 1 unspecified atom stereocenters. The summed E-state index contributed by atoms with van der Waals surface area (Å²) in [6.45, 7) is 1.94. The van der Waals surface area contributed by atoms with Crippen LogP contribution in [-0.2, 0) is 9.47 Å². The summed E-state index contributed by atoms with van der Waals surface area (Å²) in [7, 11) is 1.34. The summed E-state index contributed by atoms with van der Waals surface area (Å²) in [4.78, 5) is 11.2. The molecule has 0 spiro atoms. The lowest BCUT2D eigenvalue weighted by Gasteiger charge is -2.16. The van der Waals surface area contributed by atoms with Crippen LogP contribution in [0.15, 0.2) is 16.5 Å². The number of furan rings is 1. The molecule has 0 amide bonds. The summed E-state index contributed by atoms with van der Waals surface area (Å²) in [5.41, 5.74) is 0. The number of carbonyl (C=O) groups excluding carboxylic acids is 1. The highest BCUT2D eigenvalue weighted by atomic mass is 16.5. The third-order valence-corrected chi connectivity index (χ3v) is 3.11. The van der Waals surface area contributed by atoms with Gasteiger partial charge in [-0.2, -0.15) is 0 Å². The van der Waals surface area contributed by atoms with E-state index in [1.165, 1.54) is 20.0 Å². The Labute approximate surface area is 101 Å². The Balaban J connectivity index is 1.96. The monoisotopic (exact) mass is 238 g/mol. The van der Waals surface area contributed by atoms with E-state index in [4.69, 9.17) is 9.15 Å². The molecule has 0 saturated heterocycles. The van der Waals surface area contributed by atoms with E-state index in [1.54, 1.807) is 12.1 Å². The van der Waals surface area contributed by atoms with Crippen LogP contribution in [0.1, 0.15) is 55.0 Å². The van der Waals surface area contributed by atoms with Crippen LogP contribution >= 0.6 is 0 Å². The fourth-order valence-corrected chi connectivity index (χ4v) is 2.16. The zero-order valence-corrected chi connectivity index (χ0v) is 10.3. The lowest BCUT2D eigenvalue weighted by atomic mass is 10.2. The number of methoxy groups -OCH3 is 1. The highest BCUT2D eigenvalue weighted by Gasteiger charge is 2.21. The van der Waals surface area contributed by atoms with Gasteiger partial charge in [0.15, 0.2) is 0 Å². The van der Waals surface area contributed by atoms with Crippen LogP contribution in [0.4, 0.5) is 0 Å². The van der Waals surface area contributed by atoms with Crippen molar-refractivity contribution in [3.8, 4) is 0 Å². The molecule has 2 rings (SSSR count). The van der Waals surface area contributed by atoms with Gasteiger partial charge < -0.3 is 13.9 Å². The molecule has 1 aliphatic rings. The average Bonchev–Trinajstić information content (AvgIpc) is 2.98. The van der Waals surface area contributed by atoms with E-state index in [0.29, 0.717) is 11.9 Å². The largest absolute Gasteiger partial charge is 0.463 e. The zero-order valence-electron chi connectivity index (χ0n) is 10.3. The standard InChI is InChI=1S/C13H18O4/c1-9(16-10-5-3-4-6-10)11-7-8-12(17-11)13(14)15-2/h7-10H,3-6H2,1-2H3. The molecule has 0 aromatic carbocycles. The van der Waals surface area contributed by atoms with Gasteiger partial charge in [0.25, 0.3) is 0 Å². The summed E-state index contributed by atoms with van der Waals surface area (Å²) >= 11 is 0. The molecule has 1 saturated carbocycles. The minimum Gasteiger partial charge on any atom is -0.463 e. The first-order valence-electron chi connectivity index (χ1n) is 6.04. The van der Waals surface area contributed by atoms with Gasteiger partial charge in [-0.25, -0.2) is 4.79 Å². The molecule has 1 aromatic heterocycles. The van der Waals surface area contributed by atoms with Gasteiger partial charge in [-0.05, 0) is 31.9 Å². The summed E-state index contributed by atoms with van der Waals surface area (Å²) in [5.74, 6) is 0.450. The third kappa shape index (κ3) is 2.88. The molecule has 0 aliphatic heterocycles. The van der Waals surface area contributed by atoms with Gasteiger partial charge in [-0.3, -0.25) is 0 Å². The molecule has 94 valence electrons. The quantitative estimate of drug-likeness (QED) is 0.756. The fraction of sp³-hybridized carbons (Fsp3) is 0.615. The molecule has 0 bridgehead atoms. The first-order valence-corrected chi connectivity index (χ1v) is 6.04. The molecule has 4 nitrogen and oxygen atoms in total. The second-order valence-electron chi connectivity index (χ2n) is 4.38. The molecule has 17 heavy (non-hydrogen) atoms. The SMILES string of the molecule is COC(=O)c1ccc(C(C)OC2CCCC2)o1. The minimum absolute atomic E-state index is 0.114. The third-order valence-electron chi connectivity index (χ3n) is 3.11. The van der Waals surface area contributed by atoms with Gasteiger partial charge in [-0.15, -0.1) is 0 Å². The smallest absolute Gasteiger partial charge is 0.373 e. The van der Waals surface area contributed by atoms with Crippen molar-refractivity contribution < 1.29 is 18.7 Å².